The van der Waals surface area contributed by atoms with Crippen LogP contribution in [0.4, 0.5) is 0 Å². The molecule has 68 valence electrons. The molecule has 0 amide bonds. The number of hydrogen-bond acceptors (Lipinski definition) is 4. The summed E-state index contributed by atoms with van der Waals surface area (Å²) in [6.07, 6.45) is -0.157. The van der Waals surface area contributed by atoms with Crippen LogP contribution in [0.25, 0.3) is 0 Å². The van der Waals surface area contributed by atoms with Crippen LogP contribution in [0.1, 0.15) is 13.3 Å². The van der Waals surface area contributed by atoms with Gasteiger partial charge in [-0.3, -0.25) is 0 Å². The lowest BCUT2D eigenvalue weighted by Crippen LogP contribution is -2.21. The van der Waals surface area contributed by atoms with E-state index in [1.165, 1.54) is 12.5 Å². The molecule has 0 aromatic carbocycles. The molecule has 0 saturated heterocycles. The number of rotatable bonds is 6. The third-order valence-electron chi connectivity index (χ3n) is 1.22. The van der Waals surface area contributed by atoms with Crippen LogP contribution in [-0.4, -0.2) is 20.6 Å². The van der Waals surface area contributed by atoms with Gasteiger partial charge in [0.1, 0.15) is 0 Å². The topological polar surface area (TPSA) is 18.5 Å². The highest BCUT2D eigenvalue weighted by Crippen LogP contribution is 2.36. The van der Waals surface area contributed by atoms with Crippen LogP contribution in [0.5, 0.6) is 0 Å². The minimum atomic E-state index is -1.36. The summed E-state index contributed by atoms with van der Waals surface area (Å²) in [5.41, 5.74) is 0. The van der Waals surface area contributed by atoms with E-state index in [0.29, 0.717) is 0 Å². The maximum Gasteiger partial charge on any atom is 0.242 e. The zero-order valence-electron chi connectivity index (χ0n) is 7.55. The molecule has 0 heterocycles. The third-order valence-corrected chi connectivity index (χ3v) is 9.23. The van der Waals surface area contributed by atoms with Crippen LogP contribution in [-0.2, 0) is 8.37 Å². The van der Waals surface area contributed by atoms with Crippen molar-refractivity contribution in [2.75, 3.05) is 14.2 Å². The molecule has 11 heavy (non-hydrogen) atoms. The first kappa shape index (κ1) is 11.8. The van der Waals surface area contributed by atoms with Gasteiger partial charge in [0.15, 0.2) is 0 Å². The maximum atomic E-state index is 5.09. The zero-order valence-corrected chi connectivity index (χ0v) is 10.2. The molecule has 5 heteroatoms. The van der Waals surface area contributed by atoms with Crippen molar-refractivity contribution in [2.24, 2.45) is 0 Å². The molecule has 0 spiro atoms. The van der Waals surface area contributed by atoms with E-state index in [4.69, 9.17) is 8.37 Å². The van der Waals surface area contributed by atoms with E-state index in [9.17, 15) is 0 Å². The van der Waals surface area contributed by atoms with Gasteiger partial charge in [-0.25, -0.2) is 0 Å². The molecule has 0 atom stereocenters. The highest BCUT2D eigenvalue weighted by Gasteiger charge is 2.30. The lowest BCUT2D eigenvalue weighted by molar-refractivity contribution is 0.492. The summed E-state index contributed by atoms with van der Waals surface area (Å²) >= 11 is 3.21. The summed E-state index contributed by atoms with van der Waals surface area (Å²) < 4.78 is 10.2. The summed E-state index contributed by atoms with van der Waals surface area (Å²) in [6.45, 7) is 4.45. The van der Waals surface area contributed by atoms with Gasteiger partial charge in [0.05, 0.1) is 0 Å². The molecule has 0 N–H and O–H groups in total. The monoisotopic (exact) mass is 212 g/mol. The van der Waals surface area contributed by atoms with E-state index in [1.807, 2.05) is 0 Å². The molecule has 0 unspecified atom stereocenters. The van der Waals surface area contributed by atoms with Gasteiger partial charge in [0.2, 0.25) is 6.37 Å². The Hall–Kier alpha value is 0.837. The molecule has 0 radical (unpaired) electrons. The molecule has 0 aromatic heterocycles. The van der Waals surface area contributed by atoms with E-state index < -0.39 is 6.37 Å². The van der Waals surface area contributed by atoms with Crippen LogP contribution in [0.15, 0.2) is 0 Å². The predicted octanol–water partition coefficient (Wildman–Crippen LogP) is 3.06. The standard InChI is InChI=1S/C6H16O2S2Si/c1-5-6-11(4,9-7-2)10-8-3/h5-6H2,1-4H3. The second-order valence-electron chi connectivity index (χ2n) is 2.38. The Kier molecular flexibility index (Phi) is 6.85. The van der Waals surface area contributed by atoms with Gasteiger partial charge in [-0.2, -0.15) is 0 Å². The van der Waals surface area contributed by atoms with Gasteiger partial charge in [0, 0.05) is 14.2 Å². The van der Waals surface area contributed by atoms with Crippen molar-refractivity contribution in [3.8, 4) is 0 Å². The summed E-state index contributed by atoms with van der Waals surface area (Å²) in [5, 5.41) is 0. The molecule has 0 aliphatic carbocycles. The van der Waals surface area contributed by atoms with Gasteiger partial charge in [0.25, 0.3) is 0 Å². The molecular weight excluding hydrogens is 196 g/mol. The molecular formula is C6H16O2S2Si. The summed E-state index contributed by atoms with van der Waals surface area (Å²) in [7, 11) is 3.45. The van der Waals surface area contributed by atoms with Crippen molar-refractivity contribution in [2.45, 2.75) is 25.9 Å². The highest BCUT2D eigenvalue weighted by molar-refractivity contribution is 8.55. The quantitative estimate of drug-likeness (QED) is 0.497. The molecule has 0 aromatic rings. The summed E-state index contributed by atoms with van der Waals surface area (Å²) in [5.74, 6) is 0. The lowest BCUT2D eigenvalue weighted by atomic mass is 10.6. The molecule has 0 aliphatic rings. The van der Waals surface area contributed by atoms with Gasteiger partial charge >= 0.3 is 0 Å². The molecule has 0 aliphatic heterocycles. The smallest absolute Gasteiger partial charge is 0.242 e. The highest BCUT2D eigenvalue weighted by atomic mass is 32.6. The van der Waals surface area contributed by atoms with E-state index in [0.717, 1.165) is 0 Å². The van der Waals surface area contributed by atoms with Crippen LogP contribution in [0, 0.1) is 0 Å². The second-order valence-corrected chi connectivity index (χ2v) is 13.3. The minimum Gasteiger partial charge on any atom is -0.324 e. The molecule has 2 nitrogen and oxygen atoms in total. The fourth-order valence-corrected chi connectivity index (χ4v) is 8.11. The van der Waals surface area contributed by atoms with Gasteiger partial charge in [-0.05, 0) is 35.6 Å². The Morgan fingerprint density at radius 2 is 1.64 bits per heavy atom. The Bertz CT molecular complexity index is 85.6. The summed E-state index contributed by atoms with van der Waals surface area (Å²) in [6, 6.07) is 1.23. The van der Waals surface area contributed by atoms with Crippen LogP contribution in [0.3, 0.4) is 0 Å². The first-order valence-corrected chi connectivity index (χ1v) is 9.26. The first-order valence-electron chi connectivity index (χ1n) is 3.62. The number of hydrogen-bond donors (Lipinski definition) is 0. The van der Waals surface area contributed by atoms with E-state index >= 15 is 0 Å². The SMILES string of the molecule is CCC[Si](C)(SOC)SOC. The van der Waals surface area contributed by atoms with E-state index in [1.54, 1.807) is 37.2 Å². The summed E-state index contributed by atoms with van der Waals surface area (Å²) in [4.78, 5) is 0. The van der Waals surface area contributed by atoms with Gasteiger partial charge < -0.3 is 8.37 Å². The fraction of sp³-hybridized carbons (Fsp3) is 1.00. The van der Waals surface area contributed by atoms with Crippen LogP contribution >= 0.6 is 23.0 Å². The van der Waals surface area contributed by atoms with Crippen molar-refractivity contribution >= 4 is 29.4 Å². The van der Waals surface area contributed by atoms with Crippen LogP contribution in [0.2, 0.25) is 12.6 Å². The molecule has 0 rings (SSSR count). The van der Waals surface area contributed by atoms with Gasteiger partial charge in [-0.1, -0.05) is 13.3 Å². The average Bonchev–Trinajstić information content (AvgIpc) is 1.88. The fourth-order valence-electron chi connectivity index (χ4n) is 0.904. The predicted molar refractivity (Wildman–Crippen MR) is 55.9 cm³/mol. The zero-order chi connectivity index (χ0) is 8.74. The van der Waals surface area contributed by atoms with Gasteiger partial charge in [-0.15, -0.1) is 0 Å². The lowest BCUT2D eigenvalue weighted by Gasteiger charge is -2.20. The Morgan fingerprint density at radius 1 is 1.18 bits per heavy atom. The minimum absolute atomic E-state index is 1.20. The third kappa shape index (κ3) is 5.14. The Labute approximate surface area is 78.1 Å². The Balaban J connectivity index is 3.79. The first-order chi connectivity index (χ1) is 5.18. The normalized spacial score (nSPS) is 12.0. The maximum absolute atomic E-state index is 5.09. The van der Waals surface area contributed by atoms with Crippen molar-refractivity contribution in [3.63, 3.8) is 0 Å². The molecule has 0 saturated carbocycles. The molecule has 0 bridgehead atoms. The largest absolute Gasteiger partial charge is 0.324 e. The Morgan fingerprint density at radius 3 is 1.91 bits per heavy atom. The van der Waals surface area contributed by atoms with Crippen molar-refractivity contribution < 1.29 is 8.37 Å². The van der Waals surface area contributed by atoms with Crippen molar-refractivity contribution in [3.05, 3.63) is 0 Å². The second kappa shape index (κ2) is 6.36. The van der Waals surface area contributed by atoms with Crippen LogP contribution < -0.4 is 0 Å². The molecule has 0 fully saturated rings. The van der Waals surface area contributed by atoms with Crippen molar-refractivity contribution in [1.29, 1.82) is 0 Å². The van der Waals surface area contributed by atoms with Crippen molar-refractivity contribution in [1.82, 2.24) is 0 Å². The van der Waals surface area contributed by atoms with E-state index in [2.05, 4.69) is 13.5 Å². The average molecular weight is 212 g/mol. The van der Waals surface area contributed by atoms with E-state index in [-0.39, 0.29) is 0 Å².